The molecule has 1 aliphatic rings. The molecular formula is C18H20ClN3O2. The molecule has 5 nitrogen and oxygen atoms in total. The van der Waals surface area contributed by atoms with E-state index in [1.54, 1.807) is 0 Å². The summed E-state index contributed by atoms with van der Waals surface area (Å²) in [7, 11) is 0. The summed E-state index contributed by atoms with van der Waals surface area (Å²) < 4.78 is 5.39. The molecule has 0 saturated carbocycles. The van der Waals surface area contributed by atoms with Gasteiger partial charge in [0.2, 0.25) is 5.91 Å². The number of amides is 1. The van der Waals surface area contributed by atoms with Crippen molar-refractivity contribution in [3.8, 4) is 5.75 Å². The van der Waals surface area contributed by atoms with Crippen LogP contribution in [0.5, 0.6) is 5.75 Å². The summed E-state index contributed by atoms with van der Waals surface area (Å²) in [5.74, 6) is 0.716. The van der Waals surface area contributed by atoms with Crippen LogP contribution in [-0.4, -0.2) is 18.6 Å². The van der Waals surface area contributed by atoms with Crippen molar-refractivity contribution >= 4 is 23.2 Å². The van der Waals surface area contributed by atoms with Gasteiger partial charge in [0.1, 0.15) is 11.8 Å². The number of rotatable bonds is 5. The first kappa shape index (κ1) is 16.8. The van der Waals surface area contributed by atoms with E-state index < -0.39 is 0 Å². The van der Waals surface area contributed by atoms with E-state index in [0.717, 1.165) is 17.0 Å². The van der Waals surface area contributed by atoms with Crippen molar-refractivity contribution in [1.82, 2.24) is 10.9 Å². The lowest BCUT2D eigenvalue weighted by Crippen LogP contribution is -2.39. The zero-order valence-corrected chi connectivity index (χ0v) is 14.1. The molecule has 1 amide bonds. The quantitative estimate of drug-likeness (QED) is 0.778. The zero-order chi connectivity index (χ0) is 16.9. The molecule has 0 radical (unpaired) electrons. The highest BCUT2D eigenvalue weighted by atomic mass is 35.5. The number of halogens is 1. The minimum atomic E-state index is -0.305. The lowest BCUT2D eigenvalue weighted by Gasteiger charge is -2.11. The van der Waals surface area contributed by atoms with E-state index in [9.17, 15) is 4.79 Å². The second-order valence-corrected chi connectivity index (χ2v) is 6.07. The zero-order valence-electron chi connectivity index (χ0n) is 13.4. The highest BCUT2D eigenvalue weighted by Crippen LogP contribution is 2.25. The Morgan fingerprint density at radius 1 is 1.25 bits per heavy atom. The Kier molecular flexibility index (Phi) is 5.35. The van der Waals surface area contributed by atoms with E-state index in [1.165, 1.54) is 0 Å². The second-order valence-electron chi connectivity index (χ2n) is 5.63. The Hall–Kier alpha value is -2.08. The fraction of sp³-hybridized carbons (Fsp3) is 0.278. The summed E-state index contributed by atoms with van der Waals surface area (Å²) in [6.45, 7) is 2.55. The standard InChI is InChI=1S/C18H20ClN3O2/c1-2-24-15-8-6-14(7-9-15)20-18(23)17-11-16(21-22-17)12-4-3-5-13(19)10-12/h3-10,16-17,21-22H,2,11H2,1H3,(H,20,23). The Morgan fingerprint density at radius 3 is 2.75 bits per heavy atom. The molecule has 126 valence electrons. The van der Waals surface area contributed by atoms with Gasteiger partial charge in [-0.3, -0.25) is 4.79 Å². The molecule has 0 aromatic heterocycles. The second kappa shape index (κ2) is 7.66. The molecule has 1 aliphatic heterocycles. The maximum atomic E-state index is 12.4. The molecule has 0 bridgehead atoms. The van der Waals surface area contributed by atoms with Gasteiger partial charge >= 0.3 is 0 Å². The monoisotopic (exact) mass is 345 g/mol. The van der Waals surface area contributed by atoms with Crippen molar-refractivity contribution in [2.24, 2.45) is 0 Å². The third-order valence-corrected chi connectivity index (χ3v) is 4.14. The number of ether oxygens (including phenoxy) is 1. The average molecular weight is 346 g/mol. The maximum Gasteiger partial charge on any atom is 0.242 e. The summed E-state index contributed by atoms with van der Waals surface area (Å²) in [5, 5.41) is 3.60. The molecular weight excluding hydrogens is 326 g/mol. The number of hydrogen-bond donors (Lipinski definition) is 3. The summed E-state index contributed by atoms with van der Waals surface area (Å²) in [6.07, 6.45) is 0.656. The van der Waals surface area contributed by atoms with Crippen LogP contribution >= 0.6 is 11.6 Å². The van der Waals surface area contributed by atoms with Gasteiger partial charge in [-0.1, -0.05) is 23.7 Å². The van der Waals surface area contributed by atoms with Crippen LogP contribution in [0.25, 0.3) is 0 Å². The van der Waals surface area contributed by atoms with Crippen LogP contribution in [0.1, 0.15) is 24.9 Å². The van der Waals surface area contributed by atoms with Crippen molar-refractivity contribution in [1.29, 1.82) is 0 Å². The van der Waals surface area contributed by atoms with Crippen LogP contribution in [-0.2, 0) is 4.79 Å². The largest absolute Gasteiger partial charge is 0.494 e. The summed E-state index contributed by atoms with van der Waals surface area (Å²) in [6, 6.07) is 14.8. The first-order valence-corrected chi connectivity index (χ1v) is 8.33. The minimum Gasteiger partial charge on any atom is -0.494 e. The van der Waals surface area contributed by atoms with E-state index >= 15 is 0 Å². The normalized spacial score (nSPS) is 19.9. The predicted molar refractivity (Wildman–Crippen MR) is 95.1 cm³/mol. The van der Waals surface area contributed by atoms with E-state index in [4.69, 9.17) is 16.3 Å². The number of nitrogens with one attached hydrogen (secondary N) is 3. The summed E-state index contributed by atoms with van der Waals surface area (Å²) in [4.78, 5) is 12.4. The Bertz CT molecular complexity index is 706. The molecule has 1 saturated heterocycles. The number of carbonyl (C=O) groups excluding carboxylic acids is 1. The highest BCUT2D eigenvalue weighted by Gasteiger charge is 2.30. The number of carbonyl (C=O) groups is 1. The van der Waals surface area contributed by atoms with Crippen LogP contribution < -0.4 is 20.9 Å². The number of hydrazine groups is 1. The molecule has 2 atom stereocenters. The molecule has 3 N–H and O–H groups in total. The lowest BCUT2D eigenvalue weighted by atomic mass is 10.0. The van der Waals surface area contributed by atoms with Crippen LogP contribution in [0, 0.1) is 0 Å². The van der Waals surface area contributed by atoms with Crippen molar-refractivity contribution in [2.75, 3.05) is 11.9 Å². The Balaban J connectivity index is 1.58. The first-order valence-electron chi connectivity index (χ1n) is 7.96. The van der Waals surface area contributed by atoms with Gasteiger partial charge in [-0.2, -0.15) is 0 Å². The first-order chi connectivity index (χ1) is 11.7. The smallest absolute Gasteiger partial charge is 0.242 e. The lowest BCUT2D eigenvalue weighted by molar-refractivity contribution is -0.117. The van der Waals surface area contributed by atoms with E-state index in [0.29, 0.717) is 18.1 Å². The van der Waals surface area contributed by atoms with Crippen molar-refractivity contribution in [3.63, 3.8) is 0 Å². The van der Waals surface area contributed by atoms with Gasteiger partial charge in [0, 0.05) is 16.8 Å². The Labute approximate surface area is 146 Å². The Morgan fingerprint density at radius 2 is 2.04 bits per heavy atom. The van der Waals surface area contributed by atoms with Gasteiger partial charge in [-0.25, -0.2) is 10.9 Å². The van der Waals surface area contributed by atoms with E-state index in [2.05, 4.69) is 16.2 Å². The topological polar surface area (TPSA) is 62.4 Å². The van der Waals surface area contributed by atoms with Crippen molar-refractivity contribution in [2.45, 2.75) is 25.4 Å². The fourth-order valence-electron chi connectivity index (χ4n) is 2.70. The van der Waals surface area contributed by atoms with Crippen molar-refractivity contribution < 1.29 is 9.53 Å². The number of hydrogen-bond acceptors (Lipinski definition) is 4. The molecule has 3 rings (SSSR count). The predicted octanol–water partition coefficient (Wildman–Crippen LogP) is 3.29. The van der Waals surface area contributed by atoms with E-state index in [1.807, 2.05) is 55.5 Å². The molecule has 0 aliphatic carbocycles. The minimum absolute atomic E-state index is 0.0554. The highest BCUT2D eigenvalue weighted by molar-refractivity contribution is 6.30. The van der Waals surface area contributed by atoms with Crippen LogP contribution in [0.3, 0.4) is 0 Å². The molecule has 1 heterocycles. The number of benzene rings is 2. The maximum absolute atomic E-state index is 12.4. The fourth-order valence-corrected chi connectivity index (χ4v) is 2.90. The molecule has 0 spiro atoms. The molecule has 1 fully saturated rings. The average Bonchev–Trinajstić information content (AvgIpc) is 3.07. The molecule has 2 aromatic rings. The van der Waals surface area contributed by atoms with Crippen molar-refractivity contribution in [3.05, 3.63) is 59.1 Å². The molecule has 2 aromatic carbocycles. The van der Waals surface area contributed by atoms with Crippen LogP contribution in [0.2, 0.25) is 5.02 Å². The van der Waals surface area contributed by atoms with Gasteiger partial charge in [0.25, 0.3) is 0 Å². The third-order valence-electron chi connectivity index (χ3n) is 3.90. The number of anilines is 1. The summed E-state index contributed by atoms with van der Waals surface area (Å²) >= 11 is 6.03. The van der Waals surface area contributed by atoms with Gasteiger partial charge in [-0.15, -0.1) is 0 Å². The third kappa shape index (κ3) is 4.06. The molecule has 6 heteroatoms. The van der Waals surface area contributed by atoms with Gasteiger partial charge in [-0.05, 0) is 55.3 Å². The van der Waals surface area contributed by atoms with Gasteiger partial charge in [0.05, 0.1) is 6.61 Å². The molecule has 24 heavy (non-hydrogen) atoms. The molecule has 2 unspecified atom stereocenters. The summed E-state index contributed by atoms with van der Waals surface area (Å²) in [5.41, 5.74) is 8.01. The van der Waals surface area contributed by atoms with Crippen LogP contribution in [0.15, 0.2) is 48.5 Å². The SMILES string of the molecule is CCOc1ccc(NC(=O)C2CC(c3cccc(Cl)c3)NN2)cc1. The van der Waals surface area contributed by atoms with Crippen LogP contribution in [0.4, 0.5) is 5.69 Å². The van der Waals surface area contributed by atoms with Gasteiger partial charge in [0.15, 0.2) is 0 Å². The van der Waals surface area contributed by atoms with Gasteiger partial charge < -0.3 is 10.1 Å². The van der Waals surface area contributed by atoms with E-state index in [-0.39, 0.29) is 18.0 Å².